The van der Waals surface area contributed by atoms with Crippen LogP contribution in [0.3, 0.4) is 0 Å². The zero-order valence-electron chi connectivity index (χ0n) is 17.0. The van der Waals surface area contributed by atoms with Crippen LogP contribution in [0.1, 0.15) is 36.0 Å². The van der Waals surface area contributed by atoms with E-state index < -0.39 is 10.8 Å². The van der Waals surface area contributed by atoms with E-state index >= 15 is 0 Å². The van der Waals surface area contributed by atoms with E-state index in [9.17, 15) is 14.9 Å². The Morgan fingerprint density at radius 2 is 1.68 bits per heavy atom. The Morgan fingerprint density at radius 1 is 0.935 bits per heavy atom. The van der Waals surface area contributed by atoms with E-state index in [4.69, 9.17) is 0 Å². The minimum atomic E-state index is -0.523. The molecule has 2 aromatic carbocycles. The third-order valence-corrected chi connectivity index (χ3v) is 5.34. The van der Waals surface area contributed by atoms with Gasteiger partial charge in [-0.1, -0.05) is 31.0 Å². The normalized spacial score (nSPS) is 14.0. The molecule has 0 spiro atoms. The van der Waals surface area contributed by atoms with E-state index in [0.717, 1.165) is 30.2 Å². The van der Waals surface area contributed by atoms with Crippen LogP contribution in [-0.4, -0.2) is 34.1 Å². The Balaban J connectivity index is 1.42. The first-order valence-corrected chi connectivity index (χ1v) is 10.3. The number of carbonyl (C=O) groups excluding carboxylic acids is 1. The molecule has 1 N–H and O–H groups in total. The Kier molecular flexibility index (Phi) is 6.16. The maximum absolute atomic E-state index is 12.4. The van der Waals surface area contributed by atoms with Crippen molar-refractivity contribution in [1.29, 1.82) is 0 Å². The van der Waals surface area contributed by atoms with Gasteiger partial charge in [0.25, 0.3) is 11.6 Å². The van der Waals surface area contributed by atoms with Gasteiger partial charge in [-0.2, -0.15) is 0 Å². The standard InChI is InChI=1S/C23H23N5O3/c29-23(18-6-5-7-20(16-18)28(30)31)24-19-10-8-17(9-11-19)21-12-13-22(26-25-21)27-14-3-1-2-4-15-27/h5-13,16H,1-4,14-15H2,(H,24,29). The molecule has 8 nitrogen and oxygen atoms in total. The molecule has 4 rings (SSSR count). The number of benzene rings is 2. The number of non-ortho nitro benzene ring substituents is 1. The Labute approximate surface area is 180 Å². The summed E-state index contributed by atoms with van der Waals surface area (Å²) in [7, 11) is 0. The minimum absolute atomic E-state index is 0.120. The maximum atomic E-state index is 12.4. The van der Waals surface area contributed by atoms with Gasteiger partial charge in [0, 0.05) is 42.0 Å². The van der Waals surface area contributed by atoms with Crippen LogP contribution in [0.4, 0.5) is 17.2 Å². The monoisotopic (exact) mass is 417 g/mol. The molecule has 3 aromatic rings. The molecule has 0 saturated carbocycles. The highest BCUT2D eigenvalue weighted by Crippen LogP contribution is 2.23. The van der Waals surface area contributed by atoms with E-state index in [1.807, 2.05) is 24.3 Å². The highest BCUT2D eigenvalue weighted by Gasteiger charge is 2.13. The molecule has 0 radical (unpaired) electrons. The van der Waals surface area contributed by atoms with Gasteiger partial charge < -0.3 is 10.2 Å². The fourth-order valence-electron chi connectivity index (χ4n) is 3.64. The summed E-state index contributed by atoms with van der Waals surface area (Å²) in [5.74, 6) is 0.504. The largest absolute Gasteiger partial charge is 0.355 e. The van der Waals surface area contributed by atoms with Gasteiger partial charge in [0.15, 0.2) is 5.82 Å². The van der Waals surface area contributed by atoms with Gasteiger partial charge >= 0.3 is 0 Å². The van der Waals surface area contributed by atoms with Crippen molar-refractivity contribution < 1.29 is 9.72 Å². The fraction of sp³-hybridized carbons (Fsp3) is 0.261. The zero-order chi connectivity index (χ0) is 21.6. The first-order valence-electron chi connectivity index (χ1n) is 10.3. The number of anilines is 2. The lowest BCUT2D eigenvalue weighted by Crippen LogP contribution is -2.25. The quantitative estimate of drug-likeness (QED) is 0.478. The molecule has 1 aliphatic heterocycles. The van der Waals surface area contributed by atoms with Crippen LogP contribution >= 0.6 is 0 Å². The molecule has 0 bridgehead atoms. The Hall–Kier alpha value is -3.81. The summed E-state index contributed by atoms with van der Waals surface area (Å²) in [5, 5.41) is 22.4. The van der Waals surface area contributed by atoms with E-state index in [0.29, 0.717) is 5.69 Å². The van der Waals surface area contributed by atoms with Crippen LogP contribution in [0.2, 0.25) is 0 Å². The second-order valence-electron chi connectivity index (χ2n) is 7.52. The number of nitrogens with one attached hydrogen (secondary N) is 1. The van der Waals surface area contributed by atoms with Crippen LogP contribution in [0, 0.1) is 10.1 Å². The number of hydrogen-bond donors (Lipinski definition) is 1. The summed E-state index contributed by atoms with van der Waals surface area (Å²) >= 11 is 0. The van der Waals surface area contributed by atoms with Gasteiger partial charge in [-0.05, 0) is 43.2 Å². The molecule has 0 aliphatic carbocycles. The summed E-state index contributed by atoms with van der Waals surface area (Å²) in [4.78, 5) is 25.1. The molecule has 1 fully saturated rings. The van der Waals surface area contributed by atoms with E-state index in [2.05, 4.69) is 20.4 Å². The predicted molar refractivity (Wildman–Crippen MR) is 119 cm³/mol. The van der Waals surface area contributed by atoms with Crippen LogP contribution in [0.25, 0.3) is 11.3 Å². The number of hydrogen-bond acceptors (Lipinski definition) is 6. The Morgan fingerprint density at radius 3 is 2.32 bits per heavy atom. The first-order chi connectivity index (χ1) is 15.1. The lowest BCUT2D eigenvalue weighted by molar-refractivity contribution is -0.384. The molecular weight excluding hydrogens is 394 g/mol. The van der Waals surface area contributed by atoms with Crippen LogP contribution in [0.15, 0.2) is 60.7 Å². The smallest absolute Gasteiger partial charge is 0.270 e. The molecule has 2 heterocycles. The van der Waals surface area contributed by atoms with Gasteiger partial charge in [0.2, 0.25) is 0 Å². The number of aromatic nitrogens is 2. The van der Waals surface area contributed by atoms with Gasteiger partial charge in [-0.25, -0.2) is 0 Å². The number of nitro groups is 1. The predicted octanol–water partition coefficient (Wildman–Crippen LogP) is 4.68. The van der Waals surface area contributed by atoms with Crippen molar-refractivity contribution in [2.24, 2.45) is 0 Å². The molecule has 1 aromatic heterocycles. The van der Waals surface area contributed by atoms with E-state index in [1.54, 1.807) is 12.1 Å². The number of nitro benzene ring substituents is 1. The number of amides is 1. The van der Waals surface area contributed by atoms with E-state index in [1.165, 1.54) is 49.9 Å². The van der Waals surface area contributed by atoms with Crippen LogP contribution < -0.4 is 10.2 Å². The van der Waals surface area contributed by atoms with Crippen LogP contribution in [-0.2, 0) is 0 Å². The number of carbonyl (C=O) groups is 1. The SMILES string of the molecule is O=C(Nc1ccc(-c2ccc(N3CCCCCC3)nn2)cc1)c1cccc([N+](=O)[O-])c1. The molecule has 1 aliphatic rings. The summed E-state index contributed by atoms with van der Waals surface area (Å²) in [6.07, 6.45) is 4.91. The molecule has 31 heavy (non-hydrogen) atoms. The molecule has 1 amide bonds. The van der Waals surface area contributed by atoms with Crippen molar-refractivity contribution in [2.75, 3.05) is 23.3 Å². The third-order valence-electron chi connectivity index (χ3n) is 5.34. The van der Waals surface area contributed by atoms with Crippen molar-refractivity contribution in [2.45, 2.75) is 25.7 Å². The van der Waals surface area contributed by atoms with Crippen molar-refractivity contribution in [3.8, 4) is 11.3 Å². The van der Waals surface area contributed by atoms with Crippen molar-refractivity contribution in [1.82, 2.24) is 10.2 Å². The van der Waals surface area contributed by atoms with Crippen molar-refractivity contribution in [3.63, 3.8) is 0 Å². The van der Waals surface area contributed by atoms with Crippen LogP contribution in [0.5, 0.6) is 0 Å². The molecule has 0 atom stereocenters. The van der Waals surface area contributed by atoms with Gasteiger partial charge in [-0.15, -0.1) is 10.2 Å². The lowest BCUT2D eigenvalue weighted by atomic mass is 10.1. The number of rotatable bonds is 5. The third kappa shape index (κ3) is 5.03. The average molecular weight is 417 g/mol. The maximum Gasteiger partial charge on any atom is 0.270 e. The van der Waals surface area contributed by atoms with Crippen molar-refractivity contribution in [3.05, 3.63) is 76.3 Å². The zero-order valence-corrected chi connectivity index (χ0v) is 17.0. The molecule has 0 unspecified atom stereocenters. The molecule has 158 valence electrons. The summed E-state index contributed by atoms with van der Waals surface area (Å²) in [6.45, 7) is 2.04. The summed E-state index contributed by atoms with van der Waals surface area (Å²) in [6, 6.07) is 16.9. The first kappa shape index (κ1) is 20.5. The molecule has 8 heteroatoms. The van der Waals surface area contributed by atoms with Crippen molar-refractivity contribution >= 4 is 23.1 Å². The minimum Gasteiger partial charge on any atom is -0.355 e. The highest BCUT2D eigenvalue weighted by molar-refractivity contribution is 6.04. The highest BCUT2D eigenvalue weighted by atomic mass is 16.6. The molecular formula is C23H23N5O3. The van der Waals surface area contributed by atoms with E-state index in [-0.39, 0.29) is 11.3 Å². The number of nitrogens with zero attached hydrogens (tertiary/aromatic N) is 4. The second kappa shape index (κ2) is 9.34. The van der Waals surface area contributed by atoms with Gasteiger partial charge in [0.05, 0.1) is 10.6 Å². The molecule has 1 saturated heterocycles. The Bertz CT molecular complexity index is 1060. The summed E-state index contributed by atoms with van der Waals surface area (Å²) in [5.41, 5.74) is 2.35. The second-order valence-corrected chi connectivity index (χ2v) is 7.52. The van der Waals surface area contributed by atoms with Gasteiger partial charge in [-0.3, -0.25) is 14.9 Å². The fourth-order valence-corrected chi connectivity index (χ4v) is 3.64. The van der Waals surface area contributed by atoms with Gasteiger partial charge in [0.1, 0.15) is 0 Å². The summed E-state index contributed by atoms with van der Waals surface area (Å²) < 4.78 is 0. The lowest BCUT2D eigenvalue weighted by Gasteiger charge is -2.20. The average Bonchev–Trinajstić information content (AvgIpc) is 3.09. The topological polar surface area (TPSA) is 101 Å².